The first-order valence-electron chi connectivity index (χ1n) is 10.0. The number of halogens is 1. The number of rotatable bonds is 15. The predicted octanol–water partition coefficient (Wildman–Crippen LogP) is 7.12. The molecule has 0 aliphatic carbocycles. The first-order chi connectivity index (χ1) is 11.0. The van der Waals surface area contributed by atoms with E-state index in [4.69, 9.17) is 5.73 Å². The molecule has 25 heavy (non-hydrogen) atoms. The molecule has 0 bridgehead atoms. The minimum Gasteiger partial charge on any atom is -0.366 e. The fourth-order valence-electron chi connectivity index (χ4n) is 3.47. The van der Waals surface area contributed by atoms with Crippen molar-refractivity contribution in [3.63, 3.8) is 0 Å². The van der Waals surface area contributed by atoms with Crippen molar-refractivity contribution >= 4 is 18.3 Å². The van der Waals surface area contributed by atoms with Crippen molar-refractivity contribution in [1.29, 1.82) is 0 Å². The third-order valence-corrected chi connectivity index (χ3v) is 4.83. The highest BCUT2D eigenvalue weighted by Gasteiger charge is 2.16. The fourth-order valence-corrected chi connectivity index (χ4v) is 3.47. The van der Waals surface area contributed by atoms with Gasteiger partial charge in [0.1, 0.15) is 0 Å². The third kappa shape index (κ3) is 15.4. The molecule has 0 radical (unpaired) electrons. The molecule has 0 fully saturated rings. The molecule has 0 aromatic rings. The Labute approximate surface area is 163 Å². The first-order valence-corrected chi connectivity index (χ1v) is 10.0. The van der Waals surface area contributed by atoms with E-state index < -0.39 is 0 Å². The number of unbranched alkanes of at least 4 members (excludes halogenated alkanes) is 9. The molecule has 0 aliphatic heterocycles. The quantitative estimate of drug-likeness (QED) is 0.235. The molecule has 0 rings (SSSR count). The standard InChI is InChI=1S/C21H41NO.ClH.H3N/c1-5-7-8-9-10-11-12-13-14-15-17-19(4)20(21(22)23)18(3)16-6-2;;/h19H,5-17H2,1-4H3,(H2,22,23);1H;1H3. The molecule has 0 spiro atoms. The Balaban J connectivity index is -0.00000242. The Bertz CT molecular complexity index is 343. The van der Waals surface area contributed by atoms with Crippen molar-refractivity contribution < 1.29 is 4.79 Å². The van der Waals surface area contributed by atoms with Gasteiger partial charge in [0.05, 0.1) is 0 Å². The lowest BCUT2D eigenvalue weighted by molar-refractivity contribution is -0.115. The van der Waals surface area contributed by atoms with Crippen molar-refractivity contribution in [3.05, 3.63) is 11.1 Å². The minimum absolute atomic E-state index is 0. The molecule has 3 nitrogen and oxygen atoms in total. The first kappa shape index (κ1) is 29.2. The normalized spacial score (nSPS) is 12.6. The van der Waals surface area contributed by atoms with Gasteiger partial charge in [0.15, 0.2) is 0 Å². The predicted molar refractivity (Wildman–Crippen MR) is 115 cm³/mol. The second-order valence-corrected chi connectivity index (χ2v) is 7.18. The van der Waals surface area contributed by atoms with Gasteiger partial charge < -0.3 is 11.9 Å². The van der Waals surface area contributed by atoms with Crippen LogP contribution >= 0.6 is 12.4 Å². The van der Waals surface area contributed by atoms with Gasteiger partial charge in [-0.25, -0.2) is 0 Å². The van der Waals surface area contributed by atoms with Gasteiger partial charge in [-0.15, -0.1) is 12.4 Å². The van der Waals surface area contributed by atoms with E-state index in [0.717, 1.165) is 24.8 Å². The number of hydrogen-bond donors (Lipinski definition) is 2. The van der Waals surface area contributed by atoms with Crippen molar-refractivity contribution in [2.75, 3.05) is 0 Å². The summed E-state index contributed by atoms with van der Waals surface area (Å²) in [4.78, 5) is 11.7. The molecule has 0 aromatic heterocycles. The topological polar surface area (TPSA) is 78.1 Å². The number of allylic oxidation sites excluding steroid dienone is 1. The van der Waals surface area contributed by atoms with Crippen molar-refractivity contribution in [3.8, 4) is 0 Å². The van der Waals surface area contributed by atoms with Crippen LogP contribution in [0.25, 0.3) is 0 Å². The van der Waals surface area contributed by atoms with Crippen LogP contribution in [0.4, 0.5) is 0 Å². The second-order valence-electron chi connectivity index (χ2n) is 7.18. The average Bonchev–Trinajstić information content (AvgIpc) is 2.49. The highest BCUT2D eigenvalue weighted by atomic mass is 35.5. The van der Waals surface area contributed by atoms with Gasteiger partial charge in [-0.05, 0) is 25.7 Å². The highest BCUT2D eigenvalue weighted by Crippen LogP contribution is 2.24. The summed E-state index contributed by atoms with van der Waals surface area (Å²) in [5, 5.41) is 0. The van der Waals surface area contributed by atoms with Crippen molar-refractivity contribution in [1.82, 2.24) is 6.15 Å². The molecule has 0 aliphatic rings. The lowest BCUT2D eigenvalue weighted by atomic mass is 9.89. The third-order valence-electron chi connectivity index (χ3n) is 4.83. The van der Waals surface area contributed by atoms with Gasteiger partial charge in [0.2, 0.25) is 5.91 Å². The van der Waals surface area contributed by atoms with Crippen LogP contribution in [0.3, 0.4) is 0 Å². The van der Waals surface area contributed by atoms with Crippen molar-refractivity contribution in [2.24, 2.45) is 11.7 Å². The molecule has 5 N–H and O–H groups in total. The van der Waals surface area contributed by atoms with E-state index in [0.29, 0.717) is 5.92 Å². The van der Waals surface area contributed by atoms with Crippen LogP contribution in [0.15, 0.2) is 11.1 Å². The molecule has 4 heteroatoms. The van der Waals surface area contributed by atoms with Gasteiger partial charge in [-0.2, -0.15) is 0 Å². The highest BCUT2D eigenvalue weighted by molar-refractivity contribution is 5.93. The molecule has 0 heterocycles. The molecule has 0 aromatic carbocycles. The van der Waals surface area contributed by atoms with Gasteiger partial charge in [-0.1, -0.05) is 97.0 Å². The number of amides is 1. The molecule has 1 amide bonds. The summed E-state index contributed by atoms with van der Waals surface area (Å²) in [6, 6.07) is 0. The van der Waals surface area contributed by atoms with E-state index in [1.54, 1.807) is 0 Å². The summed E-state index contributed by atoms with van der Waals surface area (Å²) in [5.41, 5.74) is 7.68. The summed E-state index contributed by atoms with van der Waals surface area (Å²) >= 11 is 0. The number of carbonyl (C=O) groups is 1. The van der Waals surface area contributed by atoms with Crippen LogP contribution in [0.2, 0.25) is 0 Å². The van der Waals surface area contributed by atoms with E-state index >= 15 is 0 Å². The van der Waals surface area contributed by atoms with Crippen LogP contribution in [0.5, 0.6) is 0 Å². The zero-order valence-corrected chi connectivity index (χ0v) is 18.2. The zero-order valence-electron chi connectivity index (χ0n) is 17.4. The Morgan fingerprint density at radius 1 is 0.840 bits per heavy atom. The largest absolute Gasteiger partial charge is 0.366 e. The van der Waals surface area contributed by atoms with Gasteiger partial charge in [0.25, 0.3) is 0 Å². The smallest absolute Gasteiger partial charge is 0.244 e. The van der Waals surface area contributed by atoms with E-state index in [1.165, 1.54) is 69.8 Å². The van der Waals surface area contributed by atoms with Crippen LogP contribution < -0.4 is 11.9 Å². The summed E-state index contributed by atoms with van der Waals surface area (Å²) in [6.45, 7) is 8.64. The lowest BCUT2D eigenvalue weighted by Crippen LogP contribution is -2.21. The number of hydrogen-bond acceptors (Lipinski definition) is 2. The van der Waals surface area contributed by atoms with Crippen LogP contribution in [0.1, 0.15) is 111 Å². The number of primary amides is 1. The Morgan fingerprint density at radius 3 is 1.68 bits per heavy atom. The molecule has 152 valence electrons. The van der Waals surface area contributed by atoms with E-state index in [-0.39, 0.29) is 24.5 Å². The maximum Gasteiger partial charge on any atom is 0.244 e. The maximum absolute atomic E-state index is 11.7. The summed E-state index contributed by atoms with van der Waals surface area (Å²) in [6.07, 6.45) is 16.7. The maximum atomic E-state index is 11.7. The summed E-state index contributed by atoms with van der Waals surface area (Å²) in [7, 11) is 0. The van der Waals surface area contributed by atoms with E-state index in [1.807, 2.05) is 0 Å². The summed E-state index contributed by atoms with van der Waals surface area (Å²) < 4.78 is 0. The van der Waals surface area contributed by atoms with Crippen LogP contribution in [-0.4, -0.2) is 5.91 Å². The Hall–Kier alpha value is -0.540. The van der Waals surface area contributed by atoms with Gasteiger partial charge in [-0.3, -0.25) is 4.79 Å². The van der Waals surface area contributed by atoms with Crippen LogP contribution in [0, 0.1) is 5.92 Å². The Morgan fingerprint density at radius 2 is 1.28 bits per heavy atom. The van der Waals surface area contributed by atoms with E-state index in [9.17, 15) is 4.79 Å². The average molecular weight is 377 g/mol. The van der Waals surface area contributed by atoms with Gasteiger partial charge in [0, 0.05) is 5.57 Å². The van der Waals surface area contributed by atoms with Crippen molar-refractivity contribution in [2.45, 2.75) is 111 Å². The molecule has 0 saturated heterocycles. The van der Waals surface area contributed by atoms with E-state index in [2.05, 4.69) is 27.7 Å². The second kappa shape index (κ2) is 19.8. The number of nitrogens with two attached hydrogens (primary N) is 1. The SMILES string of the molecule is CCCCCCCCCCCCC(C)C(C(N)=O)=C(C)CCC.Cl.N. The van der Waals surface area contributed by atoms with Crippen LogP contribution in [-0.2, 0) is 4.79 Å². The molecule has 1 atom stereocenters. The zero-order chi connectivity index (χ0) is 17.5. The van der Waals surface area contributed by atoms with Gasteiger partial charge >= 0.3 is 0 Å². The molecular formula is C21H45ClN2O. The molecular weight excluding hydrogens is 332 g/mol. The molecule has 1 unspecified atom stereocenters. The monoisotopic (exact) mass is 376 g/mol. The molecule has 0 saturated carbocycles. The minimum atomic E-state index is -0.212. The lowest BCUT2D eigenvalue weighted by Gasteiger charge is -2.16. The Kier molecular flexibility index (Phi) is 23.1. The fraction of sp³-hybridized carbons (Fsp3) is 0.857. The number of carbonyl (C=O) groups excluding carboxylic acids is 1. The summed E-state index contributed by atoms with van der Waals surface area (Å²) in [5.74, 6) is 0.101.